The van der Waals surface area contributed by atoms with E-state index in [0.717, 1.165) is 6.07 Å². The van der Waals surface area contributed by atoms with Gasteiger partial charge in [-0.25, -0.2) is 0 Å². The summed E-state index contributed by atoms with van der Waals surface area (Å²) in [6.07, 6.45) is -4.49. The molecule has 0 aliphatic heterocycles. The van der Waals surface area contributed by atoms with Crippen LogP contribution in [0.25, 0.3) is 0 Å². The number of hydrogen-bond donors (Lipinski definition) is 2. The molecule has 0 spiro atoms. The van der Waals surface area contributed by atoms with E-state index in [9.17, 15) is 18.0 Å². The average Bonchev–Trinajstić information content (AvgIpc) is 2.27. The van der Waals surface area contributed by atoms with Gasteiger partial charge in [-0.2, -0.15) is 25.8 Å². The highest BCUT2D eigenvalue weighted by atomic mass is 32.1. The molecular formula is C12H14F3NOS. The van der Waals surface area contributed by atoms with Crippen LogP contribution in [-0.4, -0.2) is 11.2 Å². The van der Waals surface area contributed by atoms with E-state index in [1.54, 1.807) is 13.8 Å². The van der Waals surface area contributed by atoms with Crippen LogP contribution >= 0.6 is 12.6 Å². The summed E-state index contributed by atoms with van der Waals surface area (Å²) in [7, 11) is 0. The number of carbonyl (C=O) groups is 1. The molecule has 1 amide bonds. The summed E-state index contributed by atoms with van der Waals surface area (Å²) in [5.41, 5.74) is -1.10. The van der Waals surface area contributed by atoms with E-state index in [1.807, 2.05) is 0 Å². The first-order valence-electron chi connectivity index (χ1n) is 5.38. The van der Waals surface area contributed by atoms with Crippen LogP contribution in [0, 0.1) is 5.92 Å². The molecule has 0 saturated heterocycles. The summed E-state index contributed by atoms with van der Waals surface area (Å²) in [5.74, 6) is -0.601. The van der Waals surface area contributed by atoms with Crippen LogP contribution in [0.15, 0.2) is 24.3 Å². The quantitative estimate of drug-likeness (QED) is 0.812. The Morgan fingerprint density at radius 1 is 1.28 bits per heavy atom. The molecule has 6 heteroatoms. The van der Waals surface area contributed by atoms with E-state index in [4.69, 9.17) is 0 Å². The topological polar surface area (TPSA) is 29.1 Å². The van der Waals surface area contributed by atoms with Crippen molar-refractivity contribution in [2.75, 3.05) is 5.32 Å². The molecule has 1 N–H and O–H groups in total. The van der Waals surface area contributed by atoms with Crippen molar-refractivity contribution in [3.8, 4) is 0 Å². The summed E-state index contributed by atoms with van der Waals surface area (Å²) >= 11 is 4.06. The lowest BCUT2D eigenvalue weighted by atomic mass is 10.1. The molecule has 0 aliphatic carbocycles. The van der Waals surface area contributed by atoms with Crippen LogP contribution in [-0.2, 0) is 11.0 Å². The van der Waals surface area contributed by atoms with E-state index in [-0.39, 0.29) is 11.6 Å². The summed E-state index contributed by atoms with van der Waals surface area (Å²) in [6.45, 7) is 3.54. The zero-order valence-electron chi connectivity index (χ0n) is 9.95. The maximum absolute atomic E-state index is 12.7. The van der Waals surface area contributed by atoms with Crippen molar-refractivity contribution in [2.45, 2.75) is 25.3 Å². The van der Waals surface area contributed by atoms with Gasteiger partial charge in [0.25, 0.3) is 0 Å². The number of halogens is 3. The first kappa shape index (κ1) is 14.9. The van der Waals surface area contributed by atoms with Gasteiger partial charge in [-0.1, -0.05) is 26.0 Å². The van der Waals surface area contributed by atoms with Crippen molar-refractivity contribution in [3.05, 3.63) is 29.8 Å². The highest BCUT2D eigenvalue weighted by Gasteiger charge is 2.34. The predicted molar refractivity (Wildman–Crippen MR) is 67.7 cm³/mol. The maximum atomic E-state index is 12.7. The fourth-order valence-electron chi connectivity index (χ4n) is 1.35. The van der Waals surface area contributed by atoms with Gasteiger partial charge in [0.2, 0.25) is 5.91 Å². The molecule has 0 aliphatic rings. The number of thiol groups is 1. The molecule has 0 radical (unpaired) electrons. The molecule has 100 valence electrons. The van der Waals surface area contributed by atoms with Gasteiger partial charge >= 0.3 is 6.18 Å². The van der Waals surface area contributed by atoms with E-state index < -0.39 is 22.9 Å². The number of para-hydroxylation sites is 1. The second-order valence-corrected chi connectivity index (χ2v) is 4.78. The minimum Gasteiger partial charge on any atom is -0.325 e. The first-order valence-corrected chi connectivity index (χ1v) is 5.90. The number of alkyl halides is 3. The third-order valence-corrected chi connectivity index (χ3v) is 3.22. The van der Waals surface area contributed by atoms with Crippen molar-refractivity contribution in [2.24, 2.45) is 5.92 Å². The predicted octanol–water partition coefficient (Wildman–Crippen LogP) is 3.60. The fraction of sp³-hybridized carbons (Fsp3) is 0.417. The van der Waals surface area contributed by atoms with Crippen molar-refractivity contribution in [1.29, 1.82) is 0 Å². The molecule has 1 atom stereocenters. The minimum absolute atomic E-state index is 0.0635. The molecule has 1 unspecified atom stereocenters. The molecule has 1 rings (SSSR count). The number of carbonyl (C=O) groups excluding carboxylic acids is 1. The summed E-state index contributed by atoms with van der Waals surface area (Å²) in [4.78, 5) is 11.7. The number of hydrogen-bond acceptors (Lipinski definition) is 2. The van der Waals surface area contributed by atoms with Gasteiger partial charge in [0.1, 0.15) is 0 Å². The van der Waals surface area contributed by atoms with Crippen molar-refractivity contribution in [3.63, 3.8) is 0 Å². The van der Waals surface area contributed by atoms with Crippen LogP contribution in [0.4, 0.5) is 18.9 Å². The third-order valence-electron chi connectivity index (χ3n) is 2.39. The Morgan fingerprint density at radius 2 is 1.83 bits per heavy atom. The zero-order chi connectivity index (χ0) is 13.9. The lowest BCUT2D eigenvalue weighted by Crippen LogP contribution is -2.28. The molecule has 1 aromatic carbocycles. The zero-order valence-corrected chi connectivity index (χ0v) is 10.8. The Balaban J connectivity index is 2.95. The lowest BCUT2D eigenvalue weighted by molar-refractivity contribution is -0.137. The molecule has 18 heavy (non-hydrogen) atoms. The van der Waals surface area contributed by atoms with Crippen LogP contribution < -0.4 is 5.32 Å². The van der Waals surface area contributed by atoms with Gasteiger partial charge in [0.05, 0.1) is 16.5 Å². The molecule has 0 aromatic heterocycles. The molecule has 0 bridgehead atoms. The SMILES string of the molecule is CC(C)C(S)C(=O)Nc1ccccc1C(F)(F)F. The van der Waals surface area contributed by atoms with Crippen LogP contribution in [0.5, 0.6) is 0 Å². The normalized spacial score (nSPS) is 13.5. The Kier molecular flexibility index (Phi) is 4.67. The van der Waals surface area contributed by atoms with Crippen LogP contribution in [0.1, 0.15) is 19.4 Å². The van der Waals surface area contributed by atoms with Gasteiger partial charge in [-0.3, -0.25) is 4.79 Å². The summed E-state index contributed by atoms with van der Waals surface area (Å²) < 4.78 is 38.1. The Labute approximate surface area is 109 Å². The number of benzene rings is 1. The number of rotatable bonds is 3. The summed E-state index contributed by atoms with van der Waals surface area (Å²) in [5, 5.41) is 1.62. The average molecular weight is 277 g/mol. The second kappa shape index (κ2) is 5.65. The maximum Gasteiger partial charge on any atom is 0.418 e. The lowest BCUT2D eigenvalue weighted by Gasteiger charge is -2.17. The Bertz CT molecular complexity index is 432. The van der Waals surface area contributed by atoms with E-state index >= 15 is 0 Å². The van der Waals surface area contributed by atoms with Crippen molar-refractivity contribution >= 4 is 24.2 Å². The summed E-state index contributed by atoms with van der Waals surface area (Å²) in [6, 6.07) is 4.87. The van der Waals surface area contributed by atoms with Gasteiger partial charge in [0, 0.05) is 0 Å². The van der Waals surface area contributed by atoms with Crippen LogP contribution in [0.3, 0.4) is 0 Å². The monoisotopic (exact) mass is 277 g/mol. The van der Waals surface area contributed by atoms with Crippen molar-refractivity contribution < 1.29 is 18.0 Å². The van der Waals surface area contributed by atoms with E-state index in [1.165, 1.54) is 18.2 Å². The van der Waals surface area contributed by atoms with Gasteiger partial charge in [-0.05, 0) is 18.1 Å². The van der Waals surface area contributed by atoms with E-state index in [0.29, 0.717) is 0 Å². The molecular weight excluding hydrogens is 263 g/mol. The highest BCUT2D eigenvalue weighted by Crippen LogP contribution is 2.34. The van der Waals surface area contributed by atoms with E-state index in [2.05, 4.69) is 17.9 Å². The van der Waals surface area contributed by atoms with Gasteiger partial charge in [0.15, 0.2) is 0 Å². The third kappa shape index (κ3) is 3.66. The molecule has 0 saturated carbocycles. The highest BCUT2D eigenvalue weighted by molar-refractivity contribution is 7.81. The fourth-order valence-corrected chi connectivity index (χ4v) is 1.41. The number of amides is 1. The number of nitrogens with one attached hydrogen (secondary N) is 1. The molecule has 0 heterocycles. The molecule has 1 aromatic rings. The van der Waals surface area contributed by atoms with Gasteiger partial charge in [-0.15, -0.1) is 0 Å². The largest absolute Gasteiger partial charge is 0.418 e. The smallest absolute Gasteiger partial charge is 0.325 e. The Morgan fingerprint density at radius 3 is 2.33 bits per heavy atom. The van der Waals surface area contributed by atoms with Crippen molar-refractivity contribution in [1.82, 2.24) is 0 Å². The van der Waals surface area contributed by atoms with Crippen LogP contribution in [0.2, 0.25) is 0 Å². The first-order chi connectivity index (χ1) is 8.23. The Hall–Kier alpha value is -1.17. The number of anilines is 1. The molecule has 0 fully saturated rings. The van der Waals surface area contributed by atoms with Gasteiger partial charge < -0.3 is 5.32 Å². The standard InChI is InChI=1S/C12H14F3NOS/c1-7(2)10(18)11(17)16-9-6-4-3-5-8(9)12(13,14)15/h3-7,10,18H,1-2H3,(H,16,17). The molecule has 2 nitrogen and oxygen atoms in total. The minimum atomic E-state index is -4.49. The second-order valence-electron chi connectivity index (χ2n) is 4.22.